The Kier molecular flexibility index (Phi) is 8.06. The molecule has 2 N–H and O–H groups in total. The summed E-state index contributed by atoms with van der Waals surface area (Å²) in [6, 6.07) is 27.6. The van der Waals surface area contributed by atoms with E-state index in [2.05, 4.69) is 19.9 Å². The van der Waals surface area contributed by atoms with Crippen LogP contribution in [0.1, 0.15) is 36.6 Å². The number of nitrogens with one attached hydrogen (secondary N) is 1. The summed E-state index contributed by atoms with van der Waals surface area (Å²) in [5.41, 5.74) is 2.10. The van der Waals surface area contributed by atoms with Crippen molar-refractivity contribution in [3.63, 3.8) is 0 Å². The van der Waals surface area contributed by atoms with E-state index in [1.807, 2.05) is 0 Å². The molecule has 46 heavy (non-hydrogen) atoms. The minimum atomic E-state index is -3.86. The molecule has 0 atom stereocenters. The van der Waals surface area contributed by atoms with Crippen LogP contribution >= 0.6 is 0 Å². The fourth-order valence-electron chi connectivity index (χ4n) is 4.57. The smallest absolute Gasteiger partial charge is 0.342 e. The molecule has 0 bridgehead atoms. The zero-order chi connectivity index (χ0) is 32.3. The summed E-state index contributed by atoms with van der Waals surface area (Å²) in [7, 11) is -3.86. The van der Waals surface area contributed by atoms with E-state index >= 15 is 0 Å². The van der Waals surface area contributed by atoms with Gasteiger partial charge in [-0.25, -0.2) is 23.1 Å². The van der Waals surface area contributed by atoms with Crippen molar-refractivity contribution in [3.05, 3.63) is 138 Å². The number of azo groups is 1. The Morgan fingerprint density at radius 2 is 1.43 bits per heavy atom. The van der Waals surface area contributed by atoms with Crippen LogP contribution in [0.2, 0.25) is 0 Å². The van der Waals surface area contributed by atoms with Crippen molar-refractivity contribution in [2.75, 3.05) is 9.62 Å². The number of sulfonamides is 1. The summed E-state index contributed by atoms with van der Waals surface area (Å²) < 4.78 is 33.0. The highest BCUT2D eigenvalue weighted by Gasteiger charge is 2.36. The van der Waals surface area contributed by atoms with E-state index in [1.165, 1.54) is 54.7 Å². The lowest BCUT2D eigenvalue weighted by atomic mass is 10.1. The SMILES string of the molecule is O=C(OCc1ccc(N2C(=O)c3ccccc3C2=O)cc1)c1cc(/N=N/c2ccc(S(=O)(=O)Nc3ccccn3)cc2)ccc1O. The van der Waals surface area contributed by atoms with E-state index in [9.17, 15) is 27.9 Å². The highest BCUT2D eigenvalue weighted by molar-refractivity contribution is 7.92. The molecule has 1 aromatic heterocycles. The first-order valence-electron chi connectivity index (χ1n) is 13.7. The van der Waals surface area contributed by atoms with Crippen LogP contribution in [0.25, 0.3) is 0 Å². The fraction of sp³-hybridized carbons (Fsp3) is 0.0303. The van der Waals surface area contributed by atoms with Crippen LogP contribution in [0.3, 0.4) is 0 Å². The topological polar surface area (TPSA) is 168 Å². The van der Waals surface area contributed by atoms with Crippen molar-refractivity contribution in [3.8, 4) is 5.75 Å². The molecular weight excluding hydrogens is 610 g/mol. The Morgan fingerprint density at radius 3 is 2.09 bits per heavy atom. The van der Waals surface area contributed by atoms with Crippen LogP contribution in [0.5, 0.6) is 5.75 Å². The number of amides is 2. The second kappa shape index (κ2) is 12.4. The molecule has 4 aromatic carbocycles. The number of hydrogen-bond acceptors (Lipinski definition) is 10. The second-order valence-corrected chi connectivity index (χ2v) is 11.6. The number of carbonyl (C=O) groups excluding carboxylic acids is 3. The van der Waals surface area contributed by atoms with Gasteiger partial charge in [-0.05, 0) is 84.4 Å². The van der Waals surface area contributed by atoms with Gasteiger partial charge in [-0.2, -0.15) is 10.2 Å². The molecule has 228 valence electrons. The first-order valence-corrected chi connectivity index (χ1v) is 15.2. The molecule has 0 fully saturated rings. The summed E-state index contributed by atoms with van der Waals surface area (Å²) in [4.78, 5) is 43.3. The molecule has 12 nitrogen and oxygen atoms in total. The fourth-order valence-corrected chi connectivity index (χ4v) is 5.58. The molecule has 0 radical (unpaired) electrons. The van der Waals surface area contributed by atoms with Crippen molar-refractivity contribution >= 4 is 50.7 Å². The van der Waals surface area contributed by atoms with Gasteiger partial charge in [0.15, 0.2) is 0 Å². The zero-order valence-corrected chi connectivity index (χ0v) is 24.6. The lowest BCUT2D eigenvalue weighted by molar-refractivity contribution is 0.0469. The number of esters is 1. The minimum Gasteiger partial charge on any atom is -0.507 e. The molecule has 5 aromatic rings. The maximum Gasteiger partial charge on any atom is 0.342 e. The minimum absolute atomic E-state index is 0.00463. The Balaban J connectivity index is 1.08. The predicted octanol–water partition coefficient (Wildman–Crippen LogP) is 6.16. The van der Waals surface area contributed by atoms with Crippen LogP contribution in [-0.4, -0.2) is 36.3 Å². The number of nitrogens with zero attached hydrogens (tertiary/aromatic N) is 4. The van der Waals surface area contributed by atoms with Crippen molar-refractivity contribution in [1.29, 1.82) is 0 Å². The number of aromatic hydroxyl groups is 1. The predicted molar refractivity (Wildman–Crippen MR) is 167 cm³/mol. The van der Waals surface area contributed by atoms with Gasteiger partial charge >= 0.3 is 5.97 Å². The molecule has 13 heteroatoms. The molecule has 2 heterocycles. The van der Waals surface area contributed by atoms with Gasteiger partial charge in [0.1, 0.15) is 23.7 Å². The lowest BCUT2D eigenvalue weighted by Crippen LogP contribution is -2.29. The second-order valence-electron chi connectivity index (χ2n) is 9.95. The summed E-state index contributed by atoms with van der Waals surface area (Å²) in [5.74, 6) is -1.77. The van der Waals surface area contributed by atoms with Gasteiger partial charge in [-0.1, -0.05) is 30.3 Å². The first-order chi connectivity index (χ1) is 22.2. The number of hydrogen-bond donors (Lipinski definition) is 2. The Hall–Kier alpha value is -6.21. The van der Waals surface area contributed by atoms with Crippen LogP contribution in [0.4, 0.5) is 22.9 Å². The number of aromatic nitrogens is 1. The number of fused-ring (bicyclic) bond motifs is 1. The lowest BCUT2D eigenvalue weighted by Gasteiger charge is -2.14. The summed E-state index contributed by atoms with van der Waals surface area (Å²) >= 11 is 0. The number of phenols is 1. The first kappa shape index (κ1) is 29.8. The Bertz CT molecular complexity index is 2070. The summed E-state index contributed by atoms with van der Waals surface area (Å²) in [6.07, 6.45) is 1.47. The van der Waals surface area contributed by atoms with Crippen molar-refractivity contribution in [2.24, 2.45) is 10.2 Å². The average Bonchev–Trinajstić information content (AvgIpc) is 3.33. The normalized spacial score (nSPS) is 12.7. The largest absolute Gasteiger partial charge is 0.507 e. The molecule has 0 unspecified atom stereocenters. The van der Waals surface area contributed by atoms with Crippen molar-refractivity contribution in [2.45, 2.75) is 11.5 Å². The molecule has 2 amide bonds. The van der Waals surface area contributed by atoms with Gasteiger partial charge in [0, 0.05) is 6.20 Å². The van der Waals surface area contributed by atoms with Crippen LogP contribution in [0.15, 0.2) is 131 Å². The van der Waals surface area contributed by atoms with Crippen molar-refractivity contribution in [1.82, 2.24) is 4.98 Å². The van der Waals surface area contributed by atoms with E-state index in [-0.39, 0.29) is 34.3 Å². The van der Waals surface area contributed by atoms with E-state index in [1.54, 1.807) is 60.7 Å². The molecule has 0 saturated heterocycles. The van der Waals surface area contributed by atoms with Crippen LogP contribution < -0.4 is 9.62 Å². The number of carbonyl (C=O) groups is 3. The molecule has 0 aliphatic carbocycles. The molecular formula is C33H23N5O7S. The van der Waals surface area contributed by atoms with Gasteiger partial charge in [0.25, 0.3) is 21.8 Å². The van der Waals surface area contributed by atoms with Gasteiger partial charge in [-0.3, -0.25) is 14.3 Å². The van der Waals surface area contributed by atoms with Crippen LogP contribution in [-0.2, 0) is 21.4 Å². The molecule has 0 saturated carbocycles. The third-order valence-electron chi connectivity index (χ3n) is 6.89. The van der Waals surface area contributed by atoms with E-state index in [0.29, 0.717) is 28.1 Å². The van der Waals surface area contributed by atoms with Gasteiger partial charge in [0.2, 0.25) is 0 Å². The number of anilines is 2. The molecule has 6 rings (SSSR count). The third kappa shape index (κ3) is 6.21. The highest BCUT2D eigenvalue weighted by Crippen LogP contribution is 2.29. The summed E-state index contributed by atoms with van der Waals surface area (Å²) in [5, 5.41) is 18.4. The summed E-state index contributed by atoms with van der Waals surface area (Å²) in [6.45, 7) is -0.142. The number of phenolic OH excluding ortho intramolecular Hbond substituents is 1. The van der Waals surface area contributed by atoms with E-state index in [0.717, 1.165) is 4.90 Å². The third-order valence-corrected chi connectivity index (χ3v) is 8.26. The van der Waals surface area contributed by atoms with Gasteiger partial charge < -0.3 is 9.84 Å². The number of ether oxygens (including phenoxy) is 1. The maximum atomic E-state index is 12.8. The van der Waals surface area contributed by atoms with Gasteiger partial charge in [-0.15, -0.1) is 0 Å². The monoisotopic (exact) mass is 633 g/mol. The molecule has 1 aliphatic heterocycles. The zero-order valence-electron chi connectivity index (χ0n) is 23.8. The number of rotatable bonds is 9. The molecule has 1 aliphatic rings. The number of pyridine rings is 1. The Morgan fingerprint density at radius 1 is 0.804 bits per heavy atom. The standard InChI is InChI=1S/C33H23N5O7S/c39-29-17-12-23(36-35-22-10-15-25(16-11-22)46(43,44)37-30-7-3-4-18-34-30)19-28(29)33(42)45-20-21-8-13-24(14-9-21)38-31(40)26-5-1-2-6-27(26)32(38)41/h1-19,39H,20H2,(H,34,37)/b36-35+. The highest BCUT2D eigenvalue weighted by atomic mass is 32.2. The quantitative estimate of drug-likeness (QED) is 0.111. The number of imide groups is 1. The Labute approximate surface area is 262 Å². The van der Waals surface area contributed by atoms with Crippen molar-refractivity contribution < 1.29 is 32.6 Å². The maximum absolute atomic E-state index is 12.8. The number of benzene rings is 4. The molecule has 0 spiro atoms. The van der Waals surface area contributed by atoms with Gasteiger partial charge in [0.05, 0.1) is 33.1 Å². The average molecular weight is 634 g/mol. The van der Waals surface area contributed by atoms with Crippen LogP contribution in [0, 0.1) is 0 Å². The van der Waals surface area contributed by atoms with E-state index < -0.39 is 27.8 Å². The van der Waals surface area contributed by atoms with E-state index in [4.69, 9.17) is 4.74 Å².